The summed E-state index contributed by atoms with van der Waals surface area (Å²) >= 11 is 0. The molecule has 1 unspecified atom stereocenters. The van der Waals surface area contributed by atoms with Crippen molar-refractivity contribution in [3.63, 3.8) is 0 Å². The first-order chi connectivity index (χ1) is 15.6. The zero-order valence-electron chi connectivity index (χ0n) is 19.6. The fraction of sp³-hybridized carbons (Fsp3) is 0.640. The summed E-state index contributed by atoms with van der Waals surface area (Å²) in [6.07, 6.45) is 7.97. The van der Waals surface area contributed by atoms with Crippen LogP contribution in [0, 0.1) is 0 Å². The Hall–Kier alpha value is -2.41. The third kappa shape index (κ3) is 6.09. The standard InChI is InChI=1S/C25H37N5O2/c1-19(2)32-22-11-9-20(10-12-22)13-14-26-24(31)18-29-15-6-7-21(17-29)25-28-27-23-8-4-3-5-16-30(23)25/h9-12,19,21H,3-8,13-18H2,1-2H3,(H,26,31). The molecule has 0 aliphatic carbocycles. The van der Waals surface area contributed by atoms with Gasteiger partial charge in [0.05, 0.1) is 12.6 Å². The van der Waals surface area contributed by atoms with Crippen molar-refractivity contribution in [3.05, 3.63) is 41.5 Å². The summed E-state index contributed by atoms with van der Waals surface area (Å²) in [6.45, 7) is 8.06. The predicted molar refractivity (Wildman–Crippen MR) is 125 cm³/mol. The molecule has 1 aromatic heterocycles. The van der Waals surface area contributed by atoms with Crippen molar-refractivity contribution in [3.8, 4) is 5.75 Å². The second-order valence-electron chi connectivity index (χ2n) is 9.42. The maximum atomic E-state index is 12.5. The van der Waals surface area contributed by atoms with Gasteiger partial charge >= 0.3 is 0 Å². The fourth-order valence-electron chi connectivity index (χ4n) is 4.83. The number of hydrogen-bond acceptors (Lipinski definition) is 5. The molecule has 0 saturated carbocycles. The van der Waals surface area contributed by atoms with Gasteiger partial charge in [0.2, 0.25) is 5.91 Å². The lowest BCUT2D eigenvalue weighted by Crippen LogP contribution is -2.42. The van der Waals surface area contributed by atoms with Gasteiger partial charge in [-0.2, -0.15) is 0 Å². The van der Waals surface area contributed by atoms with E-state index in [0.29, 0.717) is 19.0 Å². The lowest BCUT2D eigenvalue weighted by Gasteiger charge is -2.31. The van der Waals surface area contributed by atoms with E-state index in [2.05, 4.69) is 37.1 Å². The fourth-order valence-corrected chi connectivity index (χ4v) is 4.83. The molecule has 1 fully saturated rings. The highest BCUT2D eigenvalue weighted by molar-refractivity contribution is 5.78. The van der Waals surface area contributed by atoms with Gasteiger partial charge in [0.1, 0.15) is 17.4 Å². The number of hydrogen-bond donors (Lipinski definition) is 1. The first kappa shape index (κ1) is 22.8. The van der Waals surface area contributed by atoms with Gasteiger partial charge in [-0.05, 0) is 70.2 Å². The summed E-state index contributed by atoms with van der Waals surface area (Å²) in [5, 5.41) is 12.1. The van der Waals surface area contributed by atoms with E-state index in [4.69, 9.17) is 4.74 Å². The van der Waals surface area contributed by atoms with Crippen LogP contribution in [0.15, 0.2) is 24.3 Å². The number of amides is 1. The maximum Gasteiger partial charge on any atom is 0.234 e. The van der Waals surface area contributed by atoms with E-state index in [1.807, 2.05) is 26.0 Å². The summed E-state index contributed by atoms with van der Waals surface area (Å²) in [5.74, 6) is 3.65. The number of likely N-dealkylation sites (tertiary alicyclic amines) is 1. The molecule has 7 heteroatoms. The van der Waals surface area contributed by atoms with E-state index in [1.54, 1.807) is 0 Å². The molecule has 4 rings (SSSR count). The van der Waals surface area contributed by atoms with Gasteiger partial charge in [0, 0.05) is 32.0 Å². The topological polar surface area (TPSA) is 72.3 Å². The highest BCUT2D eigenvalue weighted by atomic mass is 16.5. The molecule has 1 saturated heterocycles. The van der Waals surface area contributed by atoms with E-state index >= 15 is 0 Å². The van der Waals surface area contributed by atoms with Crippen LogP contribution < -0.4 is 10.1 Å². The first-order valence-electron chi connectivity index (χ1n) is 12.2. The van der Waals surface area contributed by atoms with Gasteiger partial charge < -0.3 is 14.6 Å². The Bertz CT molecular complexity index is 877. The zero-order valence-corrected chi connectivity index (χ0v) is 19.6. The minimum absolute atomic E-state index is 0.102. The van der Waals surface area contributed by atoms with Crippen LogP contribution in [-0.4, -0.2) is 57.9 Å². The van der Waals surface area contributed by atoms with E-state index in [9.17, 15) is 4.79 Å². The number of fused-ring (bicyclic) bond motifs is 1. The number of carbonyl (C=O) groups is 1. The largest absolute Gasteiger partial charge is 0.491 e. The van der Waals surface area contributed by atoms with Crippen molar-refractivity contribution in [2.24, 2.45) is 0 Å². The molecular formula is C25H37N5O2. The Morgan fingerprint density at radius 3 is 2.78 bits per heavy atom. The molecule has 1 aromatic carbocycles. The zero-order chi connectivity index (χ0) is 22.3. The SMILES string of the molecule is CC(C)Oc1ccc(CCNC(=O)CN2CCCC(c3nnc4n3CCCCC4)C2)cc1. The minimum atomic E-state index is 0.102. The number of aryl methyl sites for hydroxylation is 1. The van der Waals surface area contributed by atoms with Crippen LogP contribution in [0.1, 0.15) is 69.1 Å². The number of ether oxygens (including phenoxy) is 1. The van der Waals surface area contributed by atoms with Crippen LogP contribution in [0.5, 0.6) is 5.75 Å². The number of piperidine rings is 1. The number of nitrogens with one attached hydrogen (secondary N) is 1. The van der Waals surface area contributed by atoms with Crippen molar-refractivity contribution in [2.45, 2.75) is 77.4 Å². The van der Waals surface area contributed by atoms with Crippen LogP contribution in [-0.2, 0) is 24.2 Å². The van der Waals surface area contributed by atoms with Crippen molar-refractivity contribution >= 4 is 5.91 Å². The summed E-state index contributed by atoms with van der Waals surface area (Å²) in [6, 6.07) is 8.13. The second-order valence-corrected chi connectivity index (χ2v) is 9.42. The summed E-state index contributed by atoms with van der Waals surface area (Å²) < 4.78 is 8.04. The smallest absolute Gasteiger partial charge is 0.234 e. The Kier molecular flexibility index (Phi) is 7.79. The third-order valence-corrected chi connectivity index (χ3v) is 6.41. The van der Waals surface area contributed by atoms with Crippen LogP contribution in [0.4, 0.5) is 0 Å². The van der Waals surface area contributed by atoms with Gasteiger partial charge in [-0.3, -0.25) is 9.69 Å². The van der Waals surface area contributed by atoms with E-state index < -0.39 is 0 Å². The van der Waals surface area contributed by atoms with E-state index in [-0.39, 0.29) is 12.0 Å². The van der Waals surface area contributed by atoms with Crippen LogP contribution in [0.25, 0.3) is 0 Å². The molecule has 32 heavy (non-hydrogen) atoms. The number of benzene rings is 1. The molecule has 1 amide bonds. The molecule has 2 aliphatic rings. The Labute approximate surface area is 191 Å². The molecule has 7 nitrogen and oxygen atoms in total. The number of aromatic nitrogens is 3. The quantitative estimate of drug-likeness (QED) is 0.683. The van der Waals surface area contributed by atoms with Gasteiger partial charge in [-0.15, -0.1) is 10.2 Å². The molecule has 1 N–H and O–H groups in total. The van der Waals surface area contributed by atoms with Crippen molar-refractivity contribution < 1.29 is 9.53 Å². The number of rotatable bonds is 8. The number of nitrogens with zero attached hydrogens (tertiary/aromatic N) is 4. The summed E-state index contributed by atoms with van der Waals surface area (Å²) in [4.78, 5) is 14.8. The highest BCUT2D eigenvalue weighted by Gasteiger charge is 2.28. The molecule has 3 heterocycles. The molecule has 0 spiro atoms. The Morgan fingerprint density at radius 1 is 1.12 bits per heavy atom. The van der Waals surface area contributed by atoms with Crippen LogP contribution >= 0.6 is 0 Å². The monoisotopic (exact) mass is 439 g/mol. The van der Waals surface area contributed by atoms with Gasteiger partial charge in [0.25, 0.3) is 0 Å². The Morgan fingerprint density at radius 2 is 1.97 bits per heavy atom. The predicted octanol–water partition coefficient (Wildman–Crippen LogP) is 3.33. The number of carbonyl (C=O) groups excluding carboxylic acids is 1. The maximum absolute atomic E-state index is 12.5. The molecule has 1 atom stereocenters. The molecular weight excluding hydrogens is 402 g/mol. The van der Waals surface area contributed by atoms with Crippen molar-refractivity contribution in [1.29, 1.82) is 0 Å². The van der Waals surface area contributed by atoms with Gasteiger partial charge in [-0.25, -0.2) is 0 Å². The molecule has 174 valence electrons. The summed E-state index contributed by atoms with van der Waals surface area (Å²) in [7, 11) is 0. The second kappa shape index (κ2) is 10.9. The first-order valence-corrected chi connectivity index (χ1v) is 12.2. The average Bonchev–Trinajstić information content (AvgIpc) is 3.03. The molecule has 0 radical (unpaired) electrons. The van der Waals surface area contributed by atoms with Crippen molar-refractivity contribution in [2.75, 3.05) is 26.2 Å². The molecule has 2 aromatic rings. The van der Waals surface area contributed by atoms with E-state index in [1.165, 1.54) is 24.8 Å². The molecule has 2 aliphatic heterocycles. The van der Waals surface area contributed by atoms with Crippen LogP contribution in [0.2, 0.25) is 0 Å². The minimum Gasteiger partial charge on any atom is -0.491 e. The Balaban J connectivity index is 1.23. The highest BCUT2D eigenvalue weighted by Crippen LogP contribution is 2.27. The third-order valence-electron chi connectivity index (χ3n) is 6.41. The van der Waals surface area contributed by atoms with Crippen LogP contribution in [0.3, 0.4) is 0 Å². The lowest BCUT2D eigenvalue weighted by molar-refractivity contribution is -0.122. The van der Waals surface area contributed by atoms with Gasteiger partial charge in [0.15, 0.2) is 0 Å². The van der Waals surface area contributed by atoms with Gasteiger partial charge in [-0.1, -0.05) is 18.6 Å². The van der Waals surface area contributed by atoms with Crippen molar-refractivity contribution in [1.82, 2.24) is 25.0 Å². The molecule has 0 bridgehead atoms. The average molecular weight is 440 g/mol. The lowest BCUT2D eigenvalue weighted by atomic mass is 9.97. The summed E-state index contributed by atoms with van der Waals surface area (Å²) in [5.41, 5.74) is 1.20. The van der Waals surface area contributed by atoms with E-state index in [0.717, 1.165) is 62.7 Å². The normalized spacial score (nSPS) is 19.4.